The third kappa shape index (κ3) is 7.11. The van der Waals surface area contributed by atoms with Crippen LogP contribution in [0.5, 0.6) is 0 Å². The third-order valence-electron chi connectivity index (χ3n) is 5.13. The van der Waals surface area contributed by atoms with E-state index >= 15 is 0 Å². The summed E-state index contributed by atoms with van der Waals surface area (Å²) in [5.41, 5.74) is 0.785. The van der Waals surface area contributed by atoms with E-state index in [1.807, 2.05) is 12.1 Å². The molecule has 2 aromatic heterocycles. The number of ether oxygens (including phenoxy) is 2. The summed E-state index contributed by atoms with van der Waals surface area (Å²) in [6.07, 6.45) is 5.85. The van der Waals surface area contributed by atoms with E-state index in [1.54, 1.807) is 24.4 Å². The van der Waals surface area contributed by atoms with E-state index in [2.05, 4.69) is 20.4 Å². The molecule has 0 aromatic carbocycles. The zero-order valence-corrected chi connectivity index (χ0v) is 17.8. The average Bonchev–Trinajstić information content (AvgIpc) is 3.27. The Balaban J connectivity index is 1.62. The predicted molar refractivity (Wildman–Crippen MR) is 111 cm³/mol. The minimum atomic E-state index is -0.128. The molecule has 1 fully saturated rings. The summed E-state index contributed by atoms with van der Waals surface area (Å²) >= 11 is 0. The fourth-order valence-corrected chi connectivity index (χ4v) is 3.40. The second-order valence-electron chi connectivity index (χ2n) is 7.35. The van der Waals surface area contributed by atoms with Crippen molar-refractivity contribution in [3.05, 3.63) is 30.4 Å². The number of aromatic nitrogens is 3. The molecule has 2 aromatic rings. The summed E-state index contributed by atoms with van der Waals surface area (Å²) < 4.78 is 15.8. The van der Waals surface area contributed by atoms with Gasteiger partial charge in [0.05, 0.1) is 13.2 Å². The first-order valence-corrected chi connectivity index (χ1v) is 10.5. The maximum absolute atomic E-state index is 12.5. The Morgan fingerprint density at radius 3 is 3.03 bits per heavy atom. The first kappa shape index (κ1) is 22.8. The van der Waals surface area contributed by atoms with Crippen molar-refractivity contribution in [1.29, 1.82) is 0 Å². The summed E-state index contributed by atoms with van der Waals surface area (Å²) in [6, 6.07) is 3.69. The van der Waals surface area contributed by atoms with E-state index in [0.717, 1.165) is 18.4 Å². The van der Waals surface area contributed by atoms with Crippen LogP contribution in [0.15, 0.2) is 29.0 Å². The Morgan fingerprint density at radius 1 is 1.32 bits per heavy atom. The van der Waals surface area contributed by atoms with Crippen molar-refractivity contribution in [2.45, 2.75) is 31.6 Å². The van der Waals surface area contributed by atoms with Gasteiger partial charge in [0.15, 0.2) is 0 Å². The molecule has 1 unspecified atom stereocenters. The Kier molecular flexibility index (Phi) is 8.92. The van der Waals surface area contributed by atoms with Crippen LogP contribution >= 0.6 is 0 Å². The quantitative estimate of drug-likeness (QED) is 0.653. The number of nitrogens with zero attached hydrogens (tertiary/aromatic N) is 4. The van der Waals surface area contributed by atoms with Gasteiger partial charge in [0.1, 0.15) is 6.61 Å². The van der Waals surface area contributed by atoms with E-state index in [4.69, 9.17) is 14.0 Å². The van der Waals surface area contributed by atoms with Crippen LogP contribution in [0.4, 0.5) is 0 Å². The molecule has 31 heavy (non-hydrogen) atoms. The van der Waals surface area contributed by atoms with Crippen LogP contribution < -0.4 is 5.32 Å². The van der Waals surface area contributed by atoms with Crippen LogP contribution in [-0.4, -0.2) is 78.4 Å². The molecular formula is C21H29N5O5. The fraction of sp³-hybridized carbons (Fsp3) is 0.571. The van der Waals surface area contributed by atoms with Crippen molar-refractivity contribution in [2.24, 2.45) is 0 Å². The Hall–Kier alpha value is -2.85. The standard InChI is InChI=1S/C21H29N5O5/c1-29-12-13-30-15-19(28)26-10-3-5-16(6-9-23-18(27)7-11-26)21-24-20(25-31-21)17-4-2-8-22-14-17/h2,4,8,14,16H,3,5-7,9-13,15H2,1H3,(H,23,27). The van der Waals surface area contributed by atoms with Crippen LogP contribution in [0.2, 0.25) is 0 Å². The van der Waals surface area contributed by atoms with Crippen molar-refractivity contribution >= 4 is 11.8 Å². The highest BCUT2D eigenvalue weighted by Crippen LogP contribution is 2.26. The first-order chi connectivity index (χ1) is 15.2. The molecule has 0 bridgehead atoms. The number of carbonyl (C=O) groups is 2. The molecule has 10 nitrogen and oxygen atoms in total. The van der Waals surface area contributed by atoms with Crippen LogP contribution in [0, 0.1) is 0 Å². The summed E-state index contributed by atoms with van der Waals surface area (Å²) in [4.78, 5) is 35.0. The number of rotatable bonds is 7. The molecule has 168 valence electrons. The van der Waals surface area contributed by atoms with Crippen LogP contribution in [0.3, 0.4) is 0 Å². The maximum atomic E-state index is 12.5. The third-order valence-corrected chi connectivity index (χ3v) is 5.13. The van der Waals surface area contributed by atoms with Gasteiger partial charge in [0.2, 0.25) is 23.5 Å². The summed E-state index contributed by atoms with van der Waals surface area (Å²) in [7, 11) is 1.58. The zero-order valence-electron chi connectivity index (χ0n) is 17.8. The van der Waals surface area contributed by atoms with E-state index in [9.17, 15) is 9.59 Å². The van der Waals surface area contributed by atoms with E-state index in [0.29, 0.717) is 51.0 Å². The van der Waals surface area contributed by atoms with Crippen LogP contribution in [0.1, 0.15) is 37.5 Å². The number of methoxy groups -OCH3 is 1. The number of hydrogen-bond acceptors (Lipinski definition) is 8. The van der Waals surface area contributed by atoms with Gasteiger partial charge in [-0.15, -0.1) is 0 Å². The summed E-state index contributed by atoms with van der Waals surface area (Å²) in [5, 5.41) is 6.99. The van der Waals surface area contributed by atoms with Crippen molar-refractivity contribution in [2.75, 3.05) is 46.6 Å². The van der Waals surface area contributed by atoms with Gasteiger partial charge in [0.25, 0.3) is 0 Å². The molecule has 0 saturated carbocycles. The van der Waals surface area contributed by atoms with Gasteiger partial charge in [-0.2, -0.15) is 4.98 Å². The minimum absolute atomic E-state index is 0.00812. The predicted octanol–water partition coefficient (Wildman–Crippen LogP) is 1.40. The highest BCUT2D eigenvalue weighted by Gasteiger charge is 2.23. The number of amides is 2. The normalized spacial score (nSPS) is 18.3. The lowest BCUT2D eigenvalue weighted by atomic mass is 9.99. The smallest absolute Gasteiger partial charge is 0.248 e. The van der Waals surface area contributed by atoms with E-state index in [-0.39, 0.29) is 30.8 Å². The number of hydrogen-bond donors (Lipinski definition) is 1. The first-order valence-electron chi connectivity index (χ1n) is 10.5. The van der Waals surface area contributed by atoms with E-state index in [1.165, 1.54) is 0 Å². The van der Waals surface area contributed by atoms with Gasteiger partial charge in [-0.1, -0.05) is 5.16 Å². The van der Waals surface area contributed by atoms with Crippen molar-refractivity contribution < 1.29 is 23.6 Å². The van der Waals surface area contributed by atoms with Gasteiger partial charge in [-0.25, -0.2) is 0 Å². The molecule has 1 atom stereocenters. The lowest BCUT2D eigenvalue weighted by Gasteiger charge is -2.22. The Bertz CT molecular complexity index is 829. The second kappa shape index (κ2) is 12.1. The van der Waals surface area contributed by atoms with Gasteiger partial charge < -0.3 is 24.2 Å². The van der Waals surface area contributed by atoms with Crippen molar-refractivity contribution in [3.8, 4) is 11.4 Å². The monoisotopic (exact) mass is 431 g/mol. The summed E-state index contributed by atoms with van der Waals surface area (Å²) in [5.74, 6) is 0.808. The molecule has 1 aliphatic rings. The van der Waals surface area contributed by atoms with Crippen LogP contribution in [-0.2, 0) is 19.1 Å². The minimum Gasteiger partial charge on any atom is -0.382 e. The Morgan fingerprint density at radius 2 is 2.23 bits per heavy atom. The molecule has 0 radical (unpaired) electrons. The number of nitrogens with one attached hydrogen (secondary N) is 1. The van der Waals surface area contributed by atoms with Crippen molar-refractivity contribution in [3.63, 3.8) is 0 Å². The van der Waals surface area contributed by atoms with E-state index < -0.39 is 0 Å². The molecule has 2 amide bonds. The molecule has 3 rings (SSSR count). The molecule has 0 aliphatic carbocycles. The molecule has 1 aliphatic heterocycles. The van der Waals surface area contributed by atoms with Gasteiger partial charge in [-0.05, 0) is 31.4 Å². The van der Waals surface area contributed by atoms with Crippen molar-refractivity contribution in [1.82, 2.24) is 25.3 Å². The topological polar surface area (TPSA) is 120 Å². The number of pyridine rings is 1. The van der Waals surface area contributed by atoms with Gasteiger partial charge in [0, 0.05) is 57.0 Å². The summed E-state index contributed by atoms with van der Waals surface area (Å²) in [6.45, 7) is 2.20. The fourth-order valence-electron chi connectivity index (χ4n) is 3.40. The molecule has 0 spiro atoms. The highest BCUT2D eigenvalue weighted by molar-refractivity contribution is 5.79. The molecule has 1 saturated heterocycles. The Labute approximate surface area is 181 Å². The SMILES string of the molecule is COCCOCC(=O)N1CCCC(c2nc(-c3cccnc3)no2)CCNC(=O)CC1. The maximum Gasteiger partial charge on any atom is 0.248 e. The highest BCUT2D eigenvalue weighted by atomic mass is 16.5. The lowest BCUT2D eigenvalue weighted by Crippen LogP contribution is -2.38. The largest absolute Gasteiger partial charge is 0.382 e. The zero-order chi connectivity index (χ0) is 21.9. The second-order valence-corrected chi connectivity index (χ2v) is 7.35. The van der Waals surface area contributed by atoms with Gasteiger partial charge in [-0.3, -0.25) is 14.6 Å². The molecule has 1 N–H and O–H groups in total. The van der Waals surface area contributed by atoms with Gasteiger partial charge >= 0.3 is 0 Å². The van der Waals surface area contributed by atoms with Crippen LogP contribution in [0.25, 0.3) is 11.4 Å². The molecule has 10 heteroatoms. The molecule has 3 heterocycles. The average molecular weight is 431 g/mol. The molecular weight excluding hydrogens is 402 g/mol. The lowest BCUT2D eigenvalue weighted by molar-refractivity contribution is -0.137. The number of carbonyl (C=O) groups excluding carboxylic acids is 2.